The van der Waals surface area contributed by atoms with Crippen molar-refractivity contribution < 1.29 is 9.53 Å². The highest BCUT2D eigenvalue weighted by molar-refractivity contribution is 8.00. The van der Waals surface area contributed by atoms with Crippen molar-refractivity contribution in [3.05, 3.63) is 59.5 Å². The number of thioether (sulfide) groups is 1. The number of carbonyl (C=O) groups excluding carboxylic acids is 1. The Labute approximate surface area is 161 Å². The quantitative estimate of drug-likeness (QED) is 0.590. The van der Waals surface area contributed by atoms with Gasteiger partial charge in [-0.05, 0) is 38.1 Å². The molecule has 0 aliphatic rings. The van der Waals surface area contributed by atoms with Crippen LogP contribution < -0.4 is 10.1 Å². The van der Waals surface area contributed by atoms with E-state index in [1.54, 1.807) is 7.11 Å². The Morgan fingerprint density at radius 2 is 2.00 bits per heavy atom. The average Bonchev–Trinajstić information content (AvgIpc) is 3.12. The zero-order chi connectivity index (χ0) is 18.5. The van der Waals surface area contributed by atoms with Crippen molar-refractivity contribution in [3.8, 4) is 17.0 Å². The Morgan fingerprint density at radius 3 is 2.73 bits per heavy atom. The van der Waals surface area contributed by atoms with Crippen molar-refractivity contribution >= 4 is 34.1 Å². The maximum absolute atomic E-state index is 12.4. The Bertz CT molecular complexity index is 891. The summed E-state index contributed by atoms with van der Waals surface area (Å²) < 4.78 is 5.25. The van der Waals surface area contributed by atoms with E-state index in [9.17, 15) is 4.79 Å². The summed E-state index contributed by atoms with van der Waals surface area (Å²) in [4.78, 5) is 18.0. The van der Waals surface area contributed by atoms with Crippen LogP contribution in [0.2, 0.25) is 0 Å². The number of benzene rings is 2. The average molecular weight is 385 g/mol. The fraction of sp³-hybridized carbons (Fsp3) is 0.200. The fourth-order valence-electron chi connectivity index (χ4n) is 2.33. The summed E-state index contributed by atoms with van der Waals surface area (Å²) in [5, 5.41) is 5.24. The normalized spacial score (nSPS) is 11.8. The van der Waals surface area contributed by atoms with E-state index in [4.69, 9.17) is 4.74 Å². The van der Waals surface area contributed by atoms with Gasteiger partial charge in [-0.2, -0.15) is 0 Å². The van der Waals surface area contributed by atoms with Crippen molar-refractivity contribution in [2.24, 2.45) is 0 Å². The minimum atomic E-state index is -0.207. The Morgan fingerprint density at radius 1 is 1.23 bits per heavy atom. The summed E-state index contributed by atoms with van der Waals surface area (Å²) in [5.74, 6) is 0.728. The molecule has 0 saturated heterocycles. The first-order valence-electron chi connectivity index (χ1n) is 8.19. The number of nitrogens with one attached hydrogen (secondary N) is 1. The van der Waals surface area contributed by atoms with Crippen LogP contribution in [-0.2, 0) is 4.79 Å². The van der Waals surface area contributed by atoms with Crippen LogP contribution in [0, 0.1) is 6.92 Å². The lowest BCUT2D eigenvalue weighted by Crippen LogP contribution is -2.22. The Balaban J connectivity index is 1.64. The van der Waals surface area contributed by atoms with Gasteiger partial charge in [0.05, 0.1) is 18.1 Å². The molecule has 0 spiro atoms. The number of thiazole rings is 1. The summed E-state index contributed by atoms with van der Waals surface area (Å²) in [6.07, 6.45) is 0. The number of aromatic nitrogens is 1. The van der Waals surface area contributed by atoms with Crippen molar-refractivity contribution in [1.82, 2.24) is 4.98 Å². The molecule has 1 atom stereocenters. The second kappa shape index (κ2) is 8.38. The molecule has 4 nitrogen and oxygen atoms in total. The van der Waals surface area contributed by atoms with Gasteiger partial charge in [0.1, 0.15) is 5.75 Å². The van der Waals surface area contributed by atoms with Gasteiger partial charge in [-0.1, -0.05) is 29.8 Å². The highest BCUT2D eigenvalue weighted by atomic mass is 32.2. The van der Waals surface area contributed by atoms with Gasteiger partial charge in [-0.25, -0.2) is 4.98 Å². The van der Waals surface area contributed by atoms with Crippen LogP contribution in [0.25, 0.3) is 11.3 Å². The lowest BCUT2D eigenvalue weighted by atomic mass is 10.2. The summed E-state index contributed by atoms with van der Waals surface area (Å²) in [7, 11) is 1.64. The summed E-state index contributed by atoms with van der Waals surface area (Å²) in [6, 6.07) is 15.9. The molecule has 0 aliphatic heterocycles. The molecule has 0 fully saturated rings. The molecule has 1 N–H and O–H groups in total. The van der Waals surface area contributed by atoms with Crippen LogP contribution in [0.1, 0.15) is 12.5 Å². The molecule has 3 aromatic rings. The SMILES string of the molecule is COc1cccc(-c2csc(NC(=O)C(C)Sc3ccc(C)cc3)n2)c1. The largest absolute Gasteiger partial charge is 0.497 e. The van der Waals surface area contributed by atoms with Gasteiger partial charge < -0.3 is 10.1 Å². The van der Waals surface area contributed by atoms with E-state index < -0.39 is 0 Å². The fourth-order valence-corrected chi connectivity index (χ4v) is 3.92. The zero-order valence-corrected chi connectivity index (χ0v) is 16.5. The van der Waals surface area contributed by atoms with Crippen molar-refractivity contribution in [1.29, 1.82) is 0 Å². The van der Waals surface area contributed by atoms with Crippen LogP contribution in [0.5, 0.6) is 5.75 Å². The van der Waals surface area contributed by atoms with Crippen molar-refractivity contribution in [2.45, 2.75) is 24.0 Å². The highest BCUT2D eigenvalue weighted by Crippen LogP contribution is 2.29. The van der Waals surface area contributed by atoms with Gasteiger partial charge in [-0.15, -0.1) is 23.1 Å². The summed E-state index contributed by atoms with van der Waals surface area (Å²) >= 11 is 2.95. The second-order valence-electron chi connectivity index (χ2n) is 5.83. The lowest BCUT2D eigenvalue weighted by Gasteiger charge is -2.10. The van der Waals surface area contributed by atoms with E-state index in [1.165, 1.54) is 28.7 Å². The van der Waals surface area contributed by atoms with Crippen molar-refractivity contribution in [3.63, 3.8) is 0 Å². The number of rotatable bonds is 6. The molecular weight excluding hydrogens is 364 g/mol. The number of ether oxygens (including phenoxy) is 1. The lowest BCUT2D eigenvalue weighted by molar-refractivity contribution is -0.115. The van der Waals surface area contributed by atoms with E-state index in [1.807, 2.05) is 67.8 Å². The smallest absolute Gasteiger partial charge is 0.239 e. The molecule has 1 heterocycles. The van der Waals surface area contributed by atoms with E-state index in [0.29, 0.717) is 5.13 Å². The van der Waals surface area contributed by atoms with Gasteiger partial charge in [0.15, 0.2) is 5.13 Å². The number of hydrogen-bond acceptors (Lipinski definition) is 5. The molecule has 3 rings (SSSR count). The van der Waals surface area contributed by atoms with Crippen LogP contribution in [0.3, 0.4) is 0 Å². The standard InChI is InChI=1S/C20H20N2O2S2/c1-13-7-9-17(10-8-13)26-14(2)19(23)22-20-21-18(12-25-20)15-5-4-6-16(11-15)24-3/h4-12,14H,1-3H3,(H,21,22,23). The highest BCUT2D eigenvalue weighted by Gasteiger charge is 2.16. The van der Waals surface area contributed by atoms with Crippen LogP contribution >= 0.6 is 23.1 Å². The molecule has 26 heavy (non-hydrogen) atoms. The minimum absolute atomic E-state index is 0.0536. The summed E-state index contributed by atoms with van der Waals surface area (Å²) in [5.41, 5.74) is 2.99. The maximum Gasteiger partial charge on any atom is 0.239 e. The first-order valence-corrected chi connectivity index (χ1v) is 9.95. The van der Waals surface area contributed by atoms with Gasteiger partial charge >= 0.3 is 0 Å². The molecule has 0 radical (unpaired) electrons. The first kappa shape index (κ1) is 18.5. The molecule has 6 heteroatoms. The van der Waals surface area contributed by atoms with Gasteiger partial charge in [0.2, 0.25) is 5.91 Å². The Hall–Kier alpha value is -2.31. The zero-order valence-electron chi connectivity index (χ0n) is 14.9. The van der Waals surface area contributed by atoms with Crippen LogP contribution in [-0.4, -0.2) is 23.3 Å². The summed E-state index contributed by atoms with van der Waals surface area (Å²) in [6.45, 7) is 3.95. The molecule has 0 saturated carbocycles. The first-order chi connectivity index (χ1) is 12.5. The Kier molecular flexibility index (Phi) is 5.96. The molecule has 0 aliphatic carbocycles. The molecule has 2 aromatic carbocycles. The monoisotopic (exact) mass is 384 g/mol. The minimum Gasteiger partial charge on any atom is -0.497 e. The third-order valence-electron chi connectivity index (χ3n) is 3.80. The number of nitrogens with zero attached hydrogens (tertiary/aromatic N) is 1. The van der Waals surface area contributed by atoms with Crippen LogP contribution in [0.4, 0.5) is 5.13 Å². The van der Waals surface area contributed by atoms with E-state index in [0.717, 1.165) is 21.9 Å². The third kappa shape index (κ3) is 4.65. The van der Waals surface area contributed by atoms with Gasteiger partial charge in [-0.3, -0.25) is 4.79 Å². The molecule has 134 valence electrons. The van der Waals surface area contributed by atoms with Gasteiger partial charge in [0, 0.05) is 15.8 Å². The topological polar surface area (TPSA) is 51.2 Å². The number of hydrogen-bond donors (Lipinski definition) is 1. The number of methoxy groups -OCH3 is 1. The van der Waals surface area contributed by atoms with Crippen molar-refractivity contribution in [2.75, 3.05) is 12.4 Å². The molecule has 0 bridgehead atoms. The maximum atomic E-state index is 12.4. The van der Waals surface area contributed by atoms with E-state index >= 15 is 0 Å². The van der Waals surface area contributed by atoms with E-state index in [-0.39, 0.29) is 11.2 Å². The van der Waals surface area contributed by atoms with Crippen LogP contribution in [0.15, 0.2) is 58.8 Å². The number of amides is 1. The van der Waals surface area contributed by atoms with Gasteiger partial charge in [0.25, 0.3) is 0 Å². The third-order valence-corrected chi connectivity index (χ3v) is 5.67. The van der Waals surface area contributed by atoms with E-state index in [2.05, 4.69) is 10.3 Å². The predicted molar refractivity (Wildman–Crippen MR) is 109 cm³/mol. The predicted octanol–water partition coefficient (Wildman–Crippen LogP) is 5.25. The molecule has 1 aromatic heterocycles. The number of carbonyl (C=O) groups is 1. The molecule has 1 unspecified atom stereocenters. The second-order valence-corrected chi connectivity index (χ2v) is 8.10. The number of aryl methyl sites for hydroxylation is 1. The molecular formula is C20H20N2O2S2. The molecule has 1 amide bonds. The number of anilines is 1.